The zero-order valence-corrected chi connectivity index (χ0v) is 13.0. The molecule has 22 heavy (non-hydrogen) atoms. The molecule has 1 aromatic carbocycles. The largest absolute Gasteiger partial charge is 0.279 e. The summed E-state index contributed by atoms with van der Waals surface area (Å²) in [5, 5.41) is 0. The van der Waals surface area contributed by atoms with Crippen LogP contribution in [0.3, 0.4) is 0 Å². The molecule has 0 saturated heterocycles. The van der Waals surface area contributed by atoms with Crippen molar-refractivity contribution in [2.24, 2.45) is 0 Å². The lowest BCUT2D eigenvalue weighted by molar-refractivity contribution is 0.589. The maximum Gasteiger partial charge on any atom is 0.263 e. The lowest BCUT2D eigenvalue weighted by Gasteiger charge is -2.13. The number of sulfonamides is 1. The Kier molecular flexibility index (Phi) is 3.81. The van der Waals surface area contributed by atoms with Gasteiger partial charge < -0.3 is 0 Å². The second kappa shape index (κ2) is 5.77. The van der Waals surface area contributed by atoms with E-state index in [1.54, 1.807) is 12.3 Å². The topological polar surface area (TPSA) is 59.1 Å². The van der Waals surface area contributed by atoms with E-state index < -0.39 is 10.0 Å². The van der Waals surface area contributed by atoms with Gasteiger partial charge in [0, 0.05) is 18.0 Å². The molecule has 1 aromatic heterocycles. The molecule has 0 fully saturated rings. The number of aromatic nitrogens is 1. The minimum atomic E-state index is -3.61. The van der Waals surface area contributed by atoms with Crippen molar-refractivity contribution < 1.29 is 8.42 Å². The number of nitrogens with zero attached hydrogens (tertiary/aromatic N) is 1. The van der Waals surface area contributed by atoms with Gasteiger partial charge in [-0.05, 0) is 31.0 Å². The van der Waals surface area contributed by atoms with Crippen LogP contribution in [0.5, 0.6) is 0 Å². The van der Waals surface area contributed by atoms with Crippen LogP contribution in [0.25, 0.3) is 5.57 Å². The van der Waals surface area contributed by atoms with E-state index in [-0.39, 0.29) is 4.90 Å². The number of aryl methyl sites for hydroxylation is 1. The number of rotatable bonds is 4. The van der Waals surface area contributed by atoms with Gasteiger partial charge in [-0.2, -0.15) is 0 Å². The average Bonchev–Trinajstić information content (AvgIpc) is 2.96. The van der Waals surface area contributed by atoms with E-state index in [1.807, 2.05) is 43.3 Å². The number of benzene rings is 1. The monoisotopic (exact) mass is 312 g/mol. The molecule has 3 rings (SSSR count). The van der Waals surface area contributed by atoms with E-state index in [0.717, 1.165) is 11.1 Å². The van der Waals surface area contributed by atoms with Crippen molar-refractivity contribution in [3.63, 3.8) is 0 Å². The number of hydrogen-bond donors (Lipinski definition) is 1. The van der Waals surface area contributed by atoms with Crippen LogP contribution in [0.1, 0.15) is 17.5 Å². The standard InChI is InChI=1S/C17H16N2O2S/c1-13-7-9-14(10-8-13)16-5-2-6-17(16)19-22(20,21)15-4-3-11-18-12-15/h3-12,19H,2H2,1H3. The Labute approximate surface area is 130 Å². The molecule has 5 heteroatoms. The second-order valence-electron chi connectivity index (χ2n) is 5.13. The molecule has 4 nitrogen and oxygen atoms in total. The smallest absolute Gasteiger partial charge is 0.263 e. The lowest BCUT2D eigenvalue weighted by atomic mass is 10.0. The minimum Gasteiger partial charge on any atom is -0.279 e. The summed E-state index contributed by atoms with van der Waals surface area (Å²) in [6.07, 6.45) is 7.50. The van der Waals surface area contributed by atoms with E-state index in [4.69, 9.17) is 0 Å². The van der Waals surface area contributed by atoms with Crippen LogP contribution >= 0.6 is 0 Å². The van der Waals surface area contributed by atoms with Crippen molar-refractivity contribution in [3.8, 4) is 0 Å². The van der Waals surface area contributed by atoms with Gasteiger partial charge >= 0.3 is 0 Å². The second-order valence-corrected chi connectivity index (χ2v) is 6.81. The highest BCUT2D eigenvalue weighted by molar-refractivity contribution is 7.89. The van der Waals surface area contributed by atoms with E-state index >= 15 is 0 Å². The molecule has 0 radical (unpaired) electrons. The Balaban J connectivity index is 1.87. The van der Waals surface area contributed by atoms with Crippen molar-refractivity contribution in [3.05, 3.63) is 77.8 Å². The summed E-state index contributed by atoms with van der Waals surface area (Å²) in [4.78, 5) is 4.02. The van der Waals surface area contributed by atoms with Crippen molar-refractivity contribution in [2.75, 3.05) is 0 Å². The SMILES string of the molecule is Cc1ccc(C2=CCC=C2NS(=O)(=O)c2cccnc2)cc1. The highest BCUT2D eigenvalue weighted by Gasteiger charge is 2.20. The first-order chi connectivity index (χ1) is 10.6. The molecule has 1 heterocycles. The van der Waals surface area contributed by atoms with E-state index in [1.165, 1.54) is 17.8 Å². The van der Waals surface area contributed by atoms with Gasteiger partial charge in [0.05, 0.1) is 5.70 Å². The molecular weight excluding hydrogens is 296 g/mol. The molecule has 1 aliphatic rings. The van der Waals surface area contributed by atoms with Crippen molar-refractivity contribution in [1.82, 2.24) is 9.71 Å². The molecule has 0 saturated carbocycles. The lowest BCUT2D eigenvalue weighted by Crippen LogP contribution is -2.23. The number of nitrogens with one attached hydrogen (secondary N) is 1. The molecule has 112 valence electrons. The van der Waals surface area contributed by atoms with Crippen LogP contribution in [0.2, 0.25) is 0 Å². The Morgan fingerprint density at radius 2 is 1.86 bits per heavy atom. The van der Waals surface area contributed by atoms with Gasteiger partial charge in [0.15, 0.2) is 0 Å². The summed E-state index contributed by atoms with van der Waals surface area (Å²) in [7, 11) is -3.61. The highest BCUT2D eigenvalue weighted by Crippen LogP contribution is 2.28. The summed E-state index contributed by atoms with van der Waals surface area (Å²) in [5.41, 5.74) is 3.70. The fraction of sp³-hybridized carbons (Fsp3) is 0.118. The average molecular weight is 312 g/mol. The van der Waals surface area contributed by atoms with Gasteiger partial charge in [0.25, 0.3) is 10.0 Å². The van der Waals surface area contributed by atoms with Crippen LogP contribution in [-0.2, 0) is 10.0 Å². The predicted molar refractivity (Wildman–Crippen MR) is 86.4 cm³/mol. The van der Waals surface area contributed by atoms with Gasteiger partial charge in [-0.1, -0.05) is 42.0 Å². The third-order valence-electron chi connectivity index (χ3n) is 3.49. The first-order valence-corrected chi connectivity index (χ1v) is 8.45. The Morgan fingerprint density at radius 1 is 1.09 bits per heavy atom. The van der Waals surface area contributed by atoms with Crippen LogP contribution in [0.4, 0.5) is 0 Å². The molecule has 0 bridgehead atoms. The zero-order valence-electron chi connectivity index (χ0n) is 12.2. The fourth-order valence-electron chi connectivity index (χ4n) is 2.33. The van der Waals surface area contributed by atoms with Gasteiger partial charge in [0.2, 0.25) is 0 Å². The number of allylic oxidation sites excluding steroid dienone is 3. The highest BCUT2D eigenvalue weighted by atomic mass is 32.2. The Morgan fingerprint density at radius 3 is 2.55 bits per heavy atom. The summed E-state index contributed by atoms with van der Waals surface area (Å²) in [6, 6.07) is 11.2. The molecule has 0 atom stereocenters. The molecule has 0 spiro atoms. The predicted octanol–water partition coefficient (Wildman–Crippen LogP) is 3.04. The zero-order chi connectivity index (χ0) is 15.6. The number of hydrogen-bond acceptors (Lipinski definition) is 3. The molecule has 1 aliphatic carbocycles. The first kappa shape index (κ1) is 14.5. The maximum absolute atomic E-state index is 12.4. The first-order valence-electron chi connectivity index (χ1n) is 6.97. The Bertz CT molecular complexity index is 836. The van der Waals surface area contributed by atoms with E-state index in [2.05, 4.69) is 9.71 Å². The van der Waals surface area contributed by atoms with Gasteiger partial charge in [0.1, 0.15) is 4.90 Å². The third-order valence-corrected chi connectivity index (χ3v) is 4.84. The summed E-state index contributed by atoms with van der Waals surface area (Å²) >= 11 is 0. The molecular formula is C17H16N2O2S. The number of pyridine rings is 1. The molecule has 0 aliphatic heterocycles. The molecule has 1 N–H and O–H groups in total. The van der Waals surface area contributed by atoms with Crippen LogP contribution < -0.4 is 4.72 Å². The maximum atomic E-state index is 12.4. The van der Waals surface area contributed by atoms with Crippen LogP contribution in [-0.4, -0.2) is 13.4 Å². The Hall–Kier alpha value is -2.40. The summed E-state index contributed by atoms with van der Waals surface area (Å²) in [5.74, 6) is 0. The molecule has 0 unspecified atom stereocenters. The molecule has 2 aromatic rings. The van der Waals surface area contributed by atoms with Gasteiger partial charge in [-0.25, -0.2) is 8.42 Å². The summed E-state index contributed by atoms with van der Waals surface area (Å²) < 4.78 is 27.5. The quantitative estimate of drug-likeness (QED) is 0.944. The van der Waals surface area contributed by atoms with Crippen LogP contribution in [0, 0.1) is 6.92 Å². The van der Waals surface area contributed by atoms with Gasteiger partial charge in [-0.15, -0.1) is 0 Å². The van der Waals surface area contributed by atoms with Crippen molar-refractivity contribution in [2.45, 2.75) is 18.2 Å². The third kappa shape index (κ3) is 2.94. The fourth-order valence-corrected chi connectivity index (χ4v) is 3.39. The van der Waals surface area contributed by atoms with Crippen molar-refractivity contribution in [1.29, 1.82) is 0 Å². The minimum absolute atomic E-state index is 0.158. The van der Waals surface area contributed by atoms with Gasteiger partial charge in [-0.3, -0.25) is 9.71 Å². The van der Waals surface area contributed by atoms with E-state index in [0.29, 0.717) is 12.1 Å². The van der Waals surface area contributed by atoms with E-state index in [9.17, 15) is 8.42 Å². The molecule has 0 amide bonds. The summed E-state index contributed by atoms with van der Waals surface area (Å²) in [6.45, 7) is 2.02. The van der Waals surface area contributed by atoms with Crippen molar-refractivity contribution >= 4 is 15.6 Å². The van der Waals surface area contributed by atoms with Crippen LogP contribution in [0.15, 0.2) is 71.5 Å². The normalized spacial score (nSPS) is 14.4.